The SMILES string of the molecule is FC(F)COc1c[c]cc(C(F)(F)F)c1. The second-order valence-corrected chi connectivity index (χ2v) is 2.66. The molecular formula is C9H6F5O. The minimum absolute atomic E-state index is 0.273. The van der Waals surface area contributed by atoms with Gasteiger partial charge in [0.1, 0.15) is 12.4 Å². The predicted molar refractivity (Wildman–Crippen MR) is 41.8 cm³/mol. The van der Waals surface area contributed by atoms with Crippen LogP contribution in [0.4, 0.5) is 22.0 Å². The molecule has 0 bridgehead atoms. The van der Waals surface area contributed by atoms with E-state index in [1.54, 1.807) is 0 Å². The van der Waals surface area contributed by atoms with E-state index < -0.39 is 24.8 Å². The maximum Gasteiger partial charge on any atom is 0.416 e. The Morgan fingerprint density at radius 2 is 1.93 bits per heavy atom. The van der Waals surface area contributed by atoms with E-state index in [1.807, 2.05) is 0 Å². The van der Waals surface area contributed by atoms with Gasteiger partial charge in [-0.05, 0) is 24.3 Å². The lowest BCUT2D eigenvalue weighted by Gasteiger charge is -2.09. The summed E-state index contributed by atoms with van der Waals surface area (Å²) >= 11 is 0. The number of halogens is 5. The van der Waals surface area contributed by atoms with E-state index in [-0.39, 0.29) is 5.75 Å². The summed E-state index contributed by atoms with van der Waals surface area (Å²) in [6.07, 6.45) is -7.25. The molecule has 1 nitrogen and oxygen atoms in total. The van der Waals surface area contributed by atoms with E-state index in [0.29, 0.717) is 6.07 Å². The lowest BCUT2D eigenvalue weighted by Crippen LogP contribution is -2.09. The van der Waals surface area contributed by atoms with Crippen LogP contribution in [0.5, 0.6) is 5.75 Å². The van der Waals surface area contributed by atoms with Crippen molar-refractivity contribution in [3.63, 3.8) is 0 Å². The molecule has 0 aliphatic rings. The quantitative estimate of drug-likeness (QED) is 0.718. The van der Waals surface area contributed by atoms with Crippen LogP contribution in [0.15, 0.2) is 18.2 Å². The van der Waals surface area contributed by atoms with Gasteiger partial charge in [-0.25, -0.2) is 8.78 Å². The summed E-state index contributed by atoms with van der Waals surface area (Å²) in [4.78, 5) is 0. The van der Waals surface area contributed by atoms with Crippen LogP contribution in [0, 0.1) is 6.07 Å². The van der Waals surface area contributed by atoms with Gasteiger partial charge in [-0.1, -0.05) is 0 Å². The number of rotatable bonds is 3. The zero-order valence-electron chi connectivity index (χ0n) is 7.31. The first-order chi connectivity index (χ1) is 6.89. The number of alkyl halides is 5. The highest BCUT2D eigenvalue weighted by Crippen LogP contribution is 2.31. The molecule has 0 aromatic heterocycles. The monoisotopic (exact) mass is 225 g/mol. The van der Waals surface area contributed by atoms with Gasteiger partial charge in [0, 0.05) is 0 Å². The van der Waals surface area contributed by atoms with Crippen molar-refractivity contribution >= 4 is 0 Å². The number of hydrogen-bond acceptors (Lipinski definition) is 1. The fourth-order valence-corrected chi connectivity index (χ4v) is 0.856. The highest BCUT2D eigenvalue weighted by Gasteiger charge is 2.30. The van der Waals surface area contributed by atoms with Crippen molar-refractivity contribution in [3.05, 3.63) is 29.8 Å². The fourth-order valence-electron chi connectivity index (χ4n) is 0.856. The molecular weight excluding hydrogens is 219 g/mol. The van der Waals surface area contributed by atoms with Crippen molar-refractivity contribution in [1.29, 1.82) is 0 Å². The summed E-state index contributed by atoms with van der Waals surface area (Å²) in [7, 11) is 0. The zero-order chi connectivity index (χ0) is 11.5. The highest BCUT2D eigenvalue weighted by molar-refractivity contribution is 5.29. The third-order valence-electron chi connectivity index (χ3n) is 1.47. The van der Waals surface area contributed by atoms with Gasteiger partial charge in [0.25, 0.3) is 6.43 Å². The molecule has 1 aromatic carbocycles. The number of hydrogen-bond donors (Lipinski definition) is 0. The Labute approximate surface area is 82.5 Å². The predicted octanol–water partition coefficient (Wildman–Crippen LogP) is 3.15. The summed E-state index contributed by atoms with van der Waals surface area (Å²) in [6.45, 7) is -0.935. The Morgan fingerprint density at radius 3 is 2.47 bits per heavy atom. The summed E-state index contributed by atoms with van der Waals surface area (Å²) in [5.74, 6) is -0.273. The molecule has 6 heteroatoms. The van der Waals surface area contributed by atoms with Crippen LogP contribution >= 0.6 is 0 Å². The van der Waals surface area contributed by atoms with Gasteiger partial charge in [0.2, 0.25) is 0 Å². The van der Waals surface area contributed by atoms with Gasteiger partial charge in [-0.2, -0.15) is 13.2 Å². The van der Waals surface area contributed by atoms with Crippen molar-refractivity contribution in [2.45, 2.75) is 12.6 Å². The van der Waals surface area contributed by atoms with Crippen LogP contribution in [0.3, 0.4) is 0 Å². The Kier molecular flexibility index (Phi) is 3.49. The molecule has 0 heterocycles. The molecule has 0 spiro atoms. The summed E-state index contributed by atoms with van der Waals surface area (Å²) in [6, 6.07) is 4.61. The molecule has 15 heavy (non-hydrogen) atoms. The van der Waals surface area contributed by atoms with E-state index in [0.717, 1.165) is 12.1 Å². The Bertz CT molecular complexity index is 321. The Hall–Kier alpha value is -1.33. The fraction of sp³-hybridized carbons (Fsp3) is 0.333. The molecule has 1 aromatic rings. The first-order valence-corrected chi connectivity index (χ1v) is 3.89. The van der Waals surface area contributed by atoms with Crippen LogP contribution < -0.4 is 4.74 Å². The molecule has 0 unspecified atom stereocenters. The van der Waals surface area contributed by atoms with Gasteiger partial charge in [-0.3, -0.25) is 0 Å². The third-order valence-corrected chi connectivity index (χ3v) is 1.47. The van der Waals surface area contributed by atoms with E-state index in [1.165, 1.54) is 0 Å². The van der Waals surface area contributed by atoms with Gasteiger partial charge in [0.15, 0.2) is 0 Å². The van der Waals surface area contributed by atoms with Crippen molar-refractivity contribution < 1.29 is 26.7 Å². The lowest BCUT2D eigenvalue weighted by molar-refractivity contribution is -0.137. The molecule has 0 fully saturated rings. The molecule has 0 amide bonds. The van der Waals surface area contributed by atoms with Crippen LogP contribution in [0.25, 0.3) is 0 Å². The normalized spacial score (nSPS) is 11.9. The smallest absolute Gasteiger partial charge is 0.416 e. The lowest BCUT2D eigenvalue weighted by atomic mass is 10.2. The molecule has 1 rings (SSSR count). The zero-order valence-corrected chi connectivity index (χ0v) is 7.31. The molecule has 0 N–H and O–H groups in total. The van der Waals surface area contributed by atoms with Gasteiger partial charge in [0.05, 0.1) is 5.56 Å². The van der Waals surface area contributed by atoms with Crippen LogP contribution in [-0.2, 0) is 6.18 Å². The standard InChI is InChI=1S/C9H6F5O/c10-8(11)5-15-7-3-1-2-6(4-7)9(12,13)14/h2-4,8H,5H2. The molecule has 83 valence electrons. The molecule has 0 atom stereocenters. The molecule has 0 aliphatic carbocycles. The molecule has 0 saturated heterocycles. The molecule has 0 aliphatic heterocycles. The van der Waals surface area contributed by atoms with Crippen molar-refractivity contribution in [2.24, 2.45) is 0 Å². The van der Waals surface area contributed by atoms with Crippen LogP contribution in [0.2, 0.25) is 0 Å². The maximum atomic E-state index is 12.1. The van der Waals surface area contributed by atoms with Gasteiger partial charge < -0.3 is 4.74 Å². The summed E-state index contributed by atoms with van der Waals surface area (Å²) in [5, 5.41) is 0. The second-order valence-electron chi connectivity index (χ2n) is 2.66. The van der Waals surface area contributed by atoms with Crippen LogP contribution in [0.1, 0.15) is 5.56 Å². The topological polar surface area (TPSA) is 9.23 Å². The average Bonchev–Trinajstić information content (AvgIpc) is 2.14. The average molecular weight is 225 g/mol. The second kappa shape index (κ2) is 4.46. The minimum Gasteiger partial charge on any atom is -0.488 e. The number of benzene rings is 1. The van der Waals surface area contributed by atoms with Crippen molar-refractivity contribution in [2.75, 3.05) is 6.61 Å². The van der Waals surface area contributed by atoms with Gasteiger partial charge in [-0.15, -0.1) is 0 Å². The van der Waals surface area contributed by atoms with E-state index in [4.69, 9.17) is 0 Å². The highest BCUT2D eigenvalue weighted by atomic mass is 19.4. The molecule has 1 radical (unpaired) electrons. The Morgan fingerprint density at radius 1 is 1.27 bits per heavy atom. The van der Waals surface area contributed by atoms with E-state index in [9.17, 15) is 22.0 Å². The molecule has 0 saturated carbocycles. The van der Waals surface area contributed by atoms with E-state index >= 15 is 0 Å². The summed E-state index contributed by atoms with van der Waals surface area (Å²) < 4.78 is 64.2. The maximum absolute atomic E-state index is 12.1. The number of ether oxygens (including phenoxy) is 1. The van der Waals surface area contributed by atoms with Gasteiger partial charge >= 0.3 is 6.18 Å². The van der Waals surface area contributed by atoms with Crippen molar-refractivity contribution in [1.82, 2.24) is 0 Å². The van der Waals surface area contributed by atoms with Crippen molar-refractivity contribution in [3.8, 4) is 5.75 Å². The van der Waals surface area contributed by atoms with E-state index in [2.05, 4.69) is 10.8 Å². The Balaban J connectivity index is 2.75. The summed E-state index contributed by atoms with van der Waals surface area (Å²) in [5.41, 5.74) is -0.978. The first kappa shape index (κ1) is 11.7. The third kappa shape index (κ3) is 3.73. The first-order valence-electron chi connectivity index (χ1n) is 3.89. The minimum atomic E-state index is -4.53. The largest absolute Gasteiger partial charge is 0.488 e. The van der Waals surface area contributed by atoms with Crippen LogP contribution in [-0.4, -0.2) is 13.0 Å².